The molecule has 4 rings (SSSR count). The highest BCUT2D eigenvalue weighted by molar-refractivity contribution is 6.04. The van der Waals surface area contributed by atoms with Crippen molar-refractivity contribution in [2.45, 2.75) is 58.2 Å². The number of nitrogens with one attached hydrogen (secondary N) is 1. The maximum atomic E-state index is 4.85. The molecular weight excluding hydrogens is 310 g/mol. The molecule has 1 unspecified atom stereocenters. The van der Waals surface area contributed by atoms with E-state index in [1.54, 1.807) is 0 Å². The Hall–Kier alpha value is -1.72. The van der Waals surface area contributed by atoms with Gasteiger partial charge in [-0.15, -0.1) is 0 Å². The van der Waals surface area contributed by atoms with Crippen molar-refractivity contribution in [1.82, 2.24) is 15.1 Å². The SMILES string of the molecule is CC1=CN2CC(C3=NC=CCC3)(N3C[C@@H](C)N[C@@H](C)C3)C=C2C(C)=N1. The number of allylic oxidation sites excluding steroid dienone is 3. The average molecular weight is 339 g/mol. The molecule has 5 nitrogen and oxygen atoms in total. The van der Waals surface area contributed by atoms with E-state index in [-0.39, 0.29) is 5.54 Å². The molecule has 4 heterocycles. The second-order valence-corrected chi connectivity index (χ2v) is 7.92. The standard InChI is InChI=1S/C20H29N5/c1-14-10-24-13-20(9-18(24)17(4)23-14,19-7-5-6-8-21-19)25-11-15(2)22-16(3)12-25/h6,8-10,15-16,22H,5,7,11-13H2,1-4H3/t15-,16+,20?. The van der Waals surface area contributed by atoms with Crippen molar-refractivity contribution in [2.24, 2.45) is 9.98 Å². The van der Waals surface area contributed by atoms with Crippen LogP contribution in [0.1, 0.15) is 40.5 Å². The normalized spacial score (nSPS) is 35.8. The fraction of sp³-hybridized carbons (Fsp3) is 0.600. The summed E-state index contributed by atoms with van der Waals surface area (Å²) >= 11 is 0. The highest BCUT2D eigenvalue weighted by atomic mass is 15.3. The largest absolute Gasteiger partial charge is 0.342 e. The van der Waals surface area contributed by atoms with Crippen LogP contribution in [0.2, 0.25) is 0 Å². The molecule has 0 aromatic rings. The Bertz CT molecular complexity index is 704. The summed E-state index contributed by atoms with van der Waals surface area (Å²) in [6, 6.07) is 0.979. The molecule has 134 valence electrons. The van der Waals surface area contributed by atoms with Gasteiger partial charge in [-0.2, -0.15) is 0 Å². The molecule has 1 fully saturated rings. The van der Waals surface area contributed by atoms with Crippen LogP contribution in [0.15, 0.2) is 45.9 Å². The first kappa shape index (κ1) is 16.7. The van der Waals surface area contributed by atoms with E-state index in [9.17, 15) is 0 Å². The molecule has 1 N–H and O–H groups in total. The molecule has 3 atom stereocenters. The van der Waals surface area contributed by atoms with Gasteiger partial charge in [0.25, 0.3) is 0 Å². The lowest BCUT2D eigenvalue weighted by Gasteiger charge is -2.47. The van der Waals surface area contributed by atoms with Crippen LogP contribution < -0.4 is 5.32 Å². The maximum absolute atomic E-state index is 4.85. The second kappa shape index (κ2) is 6.22. The Morgan fingerprint density at radius 2 is 1.96 bits per heavy atom. The van der Waals surface area contributed by atoms with Gasteiger partial charge in [0.15, 0.2) is 0 Å². The first-order chi connectivity index (χ1) is 12.0. The molecule has 0 bridgehead atoms. The summed E-state index contributed by atoms with van der Waals surface area (Å²) in [4.78, 5) is 14.6. The van der Waals surface area contributed by atoms with Crippen LogP contribution in [-0.4, -0.2) is 58.5 Å². The predicted molar refractivity (Wildman–Crippen MR) is 104 cm³/mol. The highest BCUT2D eigenvalue weighted by Gasteiger charge is 2.48. The lowest BCUT2D eigenvalue weighted by atomic mass is 9.86. The topological polar surface area (TPSA) is 43.2 Å². The summed E-state index contributed by atoms with van der Waals surface area (Å²) in [5, 5.41) is 3.67. The molecule has 0 spiro atoms. The highest BCUT2D eigenvalue weighted by Crippen LogP contribution is 2.37. The van der Waals surface area contributed by atoms with Crippen molar-refractivity contribution >= 4 is 11.4 Å². The monoisotopic (exact) mass is 339 g/mol. The minimum Gasteiger partial charge on any atom is -0.342 e. The third kappa shape index (κ3) is 2.89. The quantitative estimate of drug-likeness (QED) is 0.841. The van der Waals surface area contributed by atoms with Gasteiger partial charge in [0.2, 0.25) is 0 Å². The molecule has 0 aromatic heterocycles. The van der Waals surface area contributed by atoms with Gasteiger partial charge < -0.3 is 10.2 Å². The third-order valence-corrected chi connectivity index (χ3v) is 5.66. The predicted octanol–water partition coefficient (Wildman–Crippen LogP) is 2.69. The number of fused-ring (bicyclic) bond motifs is 1. The van der Waals surface area contributed by atoms with Crippen LogP contribution in [0.5, 0.6) is 0 Å². The number of aliphatic imine (C=N–C) groups is 2. The molecule has 1 saturated heterocycles. The zero-order valence-corrected chi connectivity index (χ0v) is 15.8. The van der Waals surface area contributed by atoms with Crippen molar-refractivity contribution in [3.05, 3.63) is 35.9 Å². The van der Waals surface area contributed by atoms with E-state index >= 15 is 0 Å². The molecular formula is C20H29N5. The van der Waals surface area contributed by atoms with Crippen LogP contribution in [0.3, 0.4) is 0 Å². The zero-order chi connectivity index (χ0) is 17.6. The van der Waals surface area contributed by atoms with Crippen molar-refractivity contribution in [1.29, 1.82) is 0 Å². The van der Waals surface area contributed by atoms with E-state index < -0.39 is 0 Å². The minimum atomic E-state index is -0.122. The minimum absolute atomic E-state index is 0.122. The molecule has 0 radical (unpaired) electrons. The maximum Gasteiger partial charge on any atom is 0.0985 e. The molecule has 0 aliphatic carbocycles. The van der Waals surface area contributed by atoms with Crippen molar-refractivity contribution in [2.75, 3.05) is 19.6 Å². The van der Waals surface area contributed by atoms with E-state index in [0.717, 1.165) is 43.9 Å². The number of hydrogen-bond acceptors (Lipinski definition) is 5. The fourth-order valence-electron chi connectivity index (χ4n) is 4.73. The Morgan fingerprint density at radius 3 is 2.64 bits per heavy atom. The fourth-order valence-corrected chi connectivity index (χ4v) is 4.73. The van der Waals surface area contributed by atoms with Gasteiger partial charge in [-0.3, -0.25) is 14.9 Å². The summed E-state index contributed by atoms with van der Waals surface area (Å²) < 4.78 is 0. The van der Waals surface area contributed by atoms with E-state index in [4.69, 9.17) is 9.98 Å². The van der Waals surface area contributed by atoms with Crippen LogP contribution in [0, 0.1) is 0 Å². The molecule has 0 saturated carbocycles. The first-order valence-corrected chi connectivity index (χ1v) is 9.45. The number of hydrogen-bond donors (Lipinski definition) is 1. The number of rotatable bonds is 2. The Balaban J connectivity index is 1.78. The van der Waals surface area contributed by atoms with Gasteiger partial charge in [0.1, 0.15) is 0 Å². The smallest absolute Gasteiger partial charge is 0.0985 e. The van der Waals surface area contributed by atoms with E-state index in [1.807, 2.05) is 6.20 Å². The van der Waals surface area contributed by atoms with E-state index in [1.165, 1.54) is 11.4 Å². The van der Waals surface area contributed by atoms with Crippen molar-refractivity contribution in [3.63, 3.8) is 0 Å². The Morgan fingerprint density at radius 1 is 1.20 bits per heavy atom. The van der Waals surface area contributed by atoms with Gasteiger partial charge in [-0.25, -0.2) is 0 Å². The number of piperazine rings is 1. The van der Waals surface area contributed by atoms with Crippen molar-refractivity contribution < 1.29 is 0 Å². The molecule has 0 aromatic carbocycles. The molecule has 4 aliphatic heterocycles. The summed E-state index contributed by atoms with van der Waals surface area (Å²) in [5.41, 5.74) is 4.63. The van der Waals surface area contributed by atoms with Crippen LogP contribution in [-0.2, 0) is 0 Å². The zero-order valence-electron chi connectivity index (χ0n) is 15.8. The van der Waals surface area contributed by atoms with Gasteiger partial charge in [-0.05, 0) is 46.6 Å². The molecule has 25 heavy (non-hydrogen) atoms. The number of nitrogens with zero attached hydrogens (tertiary/aromatic N) is 4. The average Bonchev–Trinajstić information content (AvgIpc) is 2.96. The van der Waals surface area contributed by atoms with Crippen molar-refractivity contribution in [3.8, 4) is 0 Å². The Labute approximate surface area is 150 Å². The molecule has 0 amide bonds. The molecule has 5 heteroatoms. The first-order valence-electron chi connectivity index (χ1n) is 9.45. The van der Waals surface area contributed by atoms with E-state index in [0.29, 0.717) is 12.1 Å². The van der Waals surface area contributed by atoms with Gasteiger partial charge in [-0.1, -0.05) is 6.08 Å². The molecule has 4 aliphatic rings. The van der Waals surface area contributed by atoms with Gasteiger partial charge in [0.05, 0.1) is 29.2 Å². The second-order valence-electron chi connectivity index (χ2n) is 7.92. The van der Waals surface area contributed by atoms with Gasteiger partial charge in [0, 0.05) is 43.3 Å². The lowest BCUT2D eigenvalue weighted by molar-refractivity contribution is 0.109. The summed E-state index contributed by atoms with van der Waals surface area (Å²) in [5.74, 6) is 0. The van der Waals surface area contributed by atoms with Crippen LogP contribution in [0.4, 0.5) is 0 Å². The summed E-state index contributed by atoms with van der Waals surface area (Å²) in [7, 11) is 0. The van der Waals surface area contributed by atoms with Crippen LogP contribution >= 0.6 is 0 Å². The lowest BCUT2D eigenvalue weighted by Crippen LogP contribution is -2.65. The summed E-state index contributed by atoms with van der Waals surface area (Å²) in [6.07, 6.45) is 10.9. The summed E-state index contributed by atoms with van der Waals surface area (Å²) in [6.45, 7) is 11.8. The van der Waals surface area contributed by atoms with Gasteiger partial charge >= 0.3 is 0 Å². The van der Waals surface area contributed by atoms with Crippen LogP contribution in [0.25, 0.3) is 0 Å². The third-order valence-electron chi connectivity index (χ3n) is 5.66. The Kier molecular flexibility index (Phi) is 4.16. The van der Waals surface area contributed by atoms with E-state index in [2.05, 4.69) is 61.2 Å².